The minimum absolute atomic E-state index is 0. The van der Waals surface area contributed by atoms with Crippen molar-refractivity contribution < 1.29 is 47.4 Å². The van der Waals surface area contributed by atoms with Crippen molar-refractivity contribution in [2.75, 3.05) is 0 Å². The molecule has 0 bridgehead atoms. The van der Waals surface area contributed by atoms with Crippen LogP contribution in [-0.2, 0) is 26.0 Å². The normalized spacial score (nSPS) is 20.0. The molecule has 12 heavy (non-hydrogen) atoms. The summed E-state index contributed by atoms with van der Waals surface area (Å²) in [6.45, 7) is 0. The van der Waals surface area contributed by atoms with Crippen LogP contribution in [0.2, 0.25) is 0 Å². The first-order valence-electron chi connectivity index (χ1n) is 1.68. The molecule has 0 amide bonds. The third-order valence-corrected chi connectivity index (χ3v) is 1.48. The van der Waals surface area contributed by atoms with Gasteiger partial charge in [-0.2, -0.15) is 0 Å². The summed E-state index contributed by atoms with van der Waals surface area (Å²) in [6, 6.07) is 0. The second-order valence-corrected chi connectivity index (χ2v) is 7.25. The number of rotatable bonds is 2. The SMILES string of the molecule is [KH].[KH].[O]=[Ti]([F])([F])([F])([F])([O]F)[O]F. The van der Waals surface area contributed by atoms with Gasteiger partial charge in [0.2, 0.25) is 0 Å². The molecule has 0 rings (SSSR count). The Hall–Kier alpha value is 3.29. The van der Waals surface area contributed by atoms with Gasteiger partial charge in [0.15, 0.2) is 0 Å². The second kappa shape index (κ2) is 3.65. The van der Waals surface area contributed by atoms with Crippen molar-refractivity contribution in [2.24, 2.45) is 0 Å². The molecule has 0 fully saturated rings. The maximum atomic E-state index is 11.0. The second-order valence-electron chi connectivity index (χ2n) is 1.76. The predicted octanol–water partition coefficient (Wildman–Crippen LogP) is 0.966. The van der Waals surface area contributed by atoms with Crippen molar-refractivity contribution in [2.45, 2.75) is 0 Å². The van der Waals surface area contributed by atoms with E-state index >= 15 is 0 Å². The molecule has 0 atom stereocenters. The Morgan fingerprint density at radius 2 is 1.00 bits per heavy atom. The van der Waals surface area contributed by atoms with E-state index in [0.29, 0.717) is 7.05 Å². The van der Waals surface area contributed by atoms with Gasteiger partial charge in [0.1, 0.15) is 0 Å². The maximum absolute atomic E-state index is 12.4. The van der Waals surface area contributed by atoms with Crippen LogP contribution in [0, 0.1) is 0 Å². The van der Waals surface area contributed by atoms with E-state index in [-0.39, 0.29) is 103 Å². The van der Waals surface area contributed by atoms with Gasteiger partial charge in [0.05, 0.1) is 0 Å². The average molecular weight is 290 g/mol. The van der Waals surface area contributed by atoms with Crippen molar-refractivity contribution >= 4 is 103 Å². The van der Waals surface area contributed by atoms with E-state index in [1.54, 1.807) is 0 Å². The summed E-state index contributed by atoms with van der Waals surface area (Å²) in [7, 11) is 0. The molecule has 0 aromatic rings. The zero-order valence-electron chi connectivity index (χ0n) is 3.99. The zero-order valence-corrected chi connectivity index (χ0v) is 5.55. The molecule has 0 aromatic carbocycles. The predicted molar refractivity (Wildman–Crippen MR) is 23.8 cm³/mol. The molecule has 68 valence electrons. The molecule has 0 unspecified atom stereocenters. The topological polar surface area (TPSA) is 35.5 Å². The van der Waals surface area contributed by atoms with Crippen LogP contribution < -0.4 is 0 Å². The Bertz CT molecular complexity index is 242. The molecule has 0 radical (unpaired) electrons. The molecule has 0 heterocycles. The first-order chi connectivity index (χ1) is 3.84. The number of hydrogen-bond donors (Lipinski definition) is 0. The Morgan fingerprint density at radius 3 is 1.00 bits per heavy atom. The zero-order chi connectivity index (χ0) is 8.79. The van der Waals surface area contributed by atoms with Crippen LogP contribution >= 0.6 is 0 Å². The molecule has 0 aliphatic rings. The van der Waals surface area contributed by atoms with E-state index in [4.69, 9.17) is 3.32 Å². The summed E-state index contributed by atoms with van der Waals surface area (Å²) < 4.78 is 74.7. The molecular weight excluding hydrogens is 288 g/mol. The fraction of sp³-hybridized carbons (Fsp3) is 0. The third-order valence-electron chi connectivity index (χ3n) is 0.359. The number of hydrogen-bond acceptors (Lipinski definition) is 3. The molecule has 0 aliphatic carbocycles. The molecule has 0 aromatic heterocycles. The van der Waals surface area contributed by atoms with Crippen LogP contribution in [-0.4, -0.2) is 103 Å². The molecule has 0 aliphatic heterocycles. The van der Waals surface area contributed by atoms with Gasteiger partial charge >= 0.3 is 150 Å². The molecule has 0 N–H and O–H groups in total. The molecule has 0 saturated carbocycles. The summed E-state index contributed by atoms with van der Waals surface area (Å²) >= 11 is -12.4. The Morgan fingerprint density at radius 1 is 0.833 bits per heavy atom. The van der Waals surface area contributed by atoms with Gasteiger partial charge in [-0.3, -0.25) is 0 Å². The fourth-order valence-corrected chi connectivity index (χ4v) is 0.0491. The van der Waals surface area contributed by atoms with Gasteiger partial charge in [-0.05, 0) is 0 Å². The first kappa shape index (κ1) is 20.7. The molecule has 12 heteroatoms. The molecule has 0 saturated heterocycles. The van der Waals surface area contributed by atoms with E-state index in [1.165, 1.54) is 0 Å². The summed E-state index contributed by atoms with van der Waals surface area (Å²) in [4.78, 5) is 0. The molecular formula is H2F6K2O3Ti. The van der Waals surface area contributed by atoms with Crippen LogP contribution in [0.15, 0.2) is 0 Å². The average Bonchev–Trinajstić information content (AvgIpc) is 1.66. The van der Waals surface area contributed by atoms with Crippen LogP contribution in [0.1, 0.15) is 0 Å². The third kappa shape index (κ3) is 8.58. The molecule has 3 nitrogen and oxygen atoms in total. The van der Waals surface area contributed by atoms with Gasteiger partial charge in [0.25, 0.3) is 0 Å². The Balaban J connectivity index is -0.000000405. The van der Waals surface area contributed by atoms with E-state index in [0.717, 1.165) is 0 Å². The summed E-state index contributed by atoms with van der Waals surface area (Å²) in [6.07, 6.45) is 0. The van der Waals surface area contributed by atoms with Gasteiger partial charge in [0, 0.05) is 0 Å². The van der Waals surface area contributed by atoms with Crippen molar-refractivity contribution in [1.82, 2.24) is 0 Å². The van der Waals surface area contributed by atoms with Crippen molar-refractivity contribution in [1.29, 1.82) is 0 Å². The van der Waals surface area contributed by atoms with Crippen LogP contribution in [0.3, 0.4) is 0 Å². The van der Waals surface area contributed by atoms with E-state index in [2.05, 4.69) is 0 Å². The number of halogens is 6. The van der Waals surface area contributed by atoms with Crippen LogP contribution in [0.4, 0.5) is 21.4 Å². The van der Waals surface area contributed by atoms with E-state index in [9.17, 15) is 21.4 Å². The summed E-state index contributed by atoms with van der Waals surface area (Å²) in [5, 5.41) is 0. The first-order valence-corrected chi connectivity index (χ1v) is 5.95. The van der Waals surface area contributed by atoms with Crippen LogP contribution in [0.5, 0.6) is 0 Å². The van der Waals surface area contributed by atoms with E-state index < -0.39 is 15.6 Å². The van der Waals surface area contributed by atoms with E-state index in [1.807, 2.05) is 0 Å². The van der Waals surface area contributed by atoms with Crippen molar-refractivity contribution in [3.8, 4) is 0 Å². The van der Waals surface area contributed by atoms with Gasteiger partial charge in [-0.15, -0.1) is 0 Å². The van der Waals surface area contributed by atoms with Crippen LogP contribution in [0.25, 0.3) is 0 Å². The van der Waals surface area contributed by atoms with Gasteiger partial charge < -0.3 is 0 Å². The Labute approximate surface area is 146 Å². The Kier molecular flexibility index (Phi) is 6.29. The summed E-state index contributed by atoms with van der Waals surface area (Å²) in [5.74, 6) is 0. The molecule has 0 spiro atoms. The van der Waals surface area contributed by atoms with Crippen molar-refractivity contribution in [3.05, 3.63) is 0 Å². The monoisotopic (exact) mass is 290 g/mol. The van der Waals surface area contributed by atoms with Crippen molar-refractivity contribution in [3.63, 3.8) is 0 Å². The quantitative estimate of drug-likeness (QED) is 0.561. The standard InChI is InChI=1S/2FO.4FH.2K.O.Ti.2H/c2*1-2;;;;;;;;;;/h;;4*1H;;;;;;/q2*-1;;;;;;;;+6;;/p-4. The minimum atomic E-state index is -12.4. The van der Waals surface area contributed by atoms with Gasteiger partial charge in [-0.25, -0.2) is 0 Å². The van der Waals surface area contributed by atoms with Gasteiger partial charge in [-0.1, -0.05) is 0 Å². The fourth-order valence-electron chi connectivity index (χ4n) is 0.0119. The summed E-state index contributed by atoms with van der Waals surface area (Å²) in [5.41, 5.74) is 0.